The minimum Gasteiger partial charge on any atom is -0.497 e. The number of methoxy groups -OCH3 is 1. The number of carbonyl (C=O) groups excluding carboxylic acids is 2. The van der Waals surface area contributed by atoms with Gasteiger partial charge in [0.15, 0.2) is 5.78 Å². The van der Waals surface area contributed by atoms with Crippen LogP contribution in [0.5, 0.6) is 5.75 Å². The monoisotopic (exact) mass is 633 g/mol. The van der Waals surface area contributed by atoms with Gasteiger partial charge < -0.3 is 9.15 Å². The van der Waals surface area contributed by atoms with Gasteiger partial charge in [-0.3, -0.25) is 23.6 Å². The van der Waals surface area contributed by atoms with E-state index in [9.17, 15) is 22.4 Å². The van der Waals surface area contributed by atoms with Gasteiger partial charge in [-0.1, -0.05) is 57.4 Å². The molecule has 1 aromatic carbocycles. The van der Waals surface area contributed by atoms with Gasteiger partial charge in [0.2, 0.25) is 21.8 Å². The summed E-state index contributed by atoms with van der Waals surface area (Å²) in [4.78, 5) is 32.1. The van der Waals surface area contributed by atoms with Crippen molar-refractivity contribution in [1.29, 1.82) is 0 Å². The molecule has 1 saturated heterocycles. The largest absolute Gasteiger partial charge is 0.497 e. The maximum atomic E-state index is 12.9. The van der Waals surface area contributed by atoms with E-state index in [-0.39, 0.29) is 24.7 Å². The maximum Gasteiger partial charge on any atom is 0.234 e. The van der Waals surface area contributed by atoms with Crippen molar-refractivity contribution in [2.45, 2.75) is 109 Å². The third-order valence-corrected chi connectivity index (χ3v) is 10.3. The number of halogens is 1. The van der Waals surface area contributed by atoms with Crippen molar-refractivity contribution < 1.29 is 31.6 Å². The number of rotatable bonds is 18. The molecular formula is C33H48FN3O6S. The van der Waals surface area contributed by atoms with Gasteiger partial charge in [0.05, 0.1) is 25.6 Å². The van der Waals surface area contributed by atoms with Crippen molar-refractivity contribution in [3.05, 3.63) is 47.2 Å². The van der Waals surface area contributed by atoms with Crippen LogP contribution in [-0.4, -0.2) is 56.1 Å². The molecule has 1 aliphatic heterocycles. The van der Waals surface area contributed by atoms with E-state index in [0.717, 1.165) is 49.3 Å². The van der Waals surface area contributed by atoms with E-state index in [0.29, 0.717) is 36.7 Å². The first-order valence-corrected chi connectivity index (χ1v) is 17.9. The van der Waals surface area contributed by atoms with Gasteiger partial charge in [-0.05, 0) is 67.8 Å². The highest BCUT2D eigenvalue weighted by molar-refractivity contribution is 7.90. The summed E-state index contributed by atoms with van der Waals surface area (Å²) >= 11 is 0. The van der Waals surface area contributed by atoms with Gasteiger partial charge in [-0.25, -0.2) is 13.4 Å². The number of aryl methyl sites for hydroxylation is 1. The summed E-state index contributed by atoms with van der Waals surface area (Å²) in [6.07, 6.45) is 15.2. The predicted octanol–water partition coefficient (Wildman–Crippen LogP) is 6.47. The fraction of sp³-hybridized carbons (Fsp3) is 0.667. The van der Waals surface area contributed by atoms with Crippen LogP contribution in [0, 0.1) is 5.92 Å². The van der Waals surface area contributed by atoms with Gasteiger partial charge in [-0.2, -0.15) is 0 Å². The second-order valence-electron chi connectivity index (χ2n) is 12.2. The number of Topliss-reactive ketones (excluding diaryl/α,β-unsaturated/α-hetero) is 1. The molecule has 0 radical (unpaired) electrons. The molecule has 4 rings (SSSR count). The Balaban J connectivity index is 1.31. The number of oxazole rings is 1. The molecule has 9 nitrogen and oxygen atoms in total. The van der Waals surface area contributed by atoms with Crippen LogP contribution in [0.25, 0.3) is 0 Å². The number of alkyl halides is 1. The molecule has 0 spiro atoms. The molecule has 0 bridgehead atoms. The number of benzene rings is 1. The van der Waals surface area contributed by atoms with Gasteiger partial charge in [-0.15, -0.1) is 0 Å². The van der Waals surface area contributed by atoms with Crippen LogP contribution in [0.15, 0.2) is 28.9 Å². The SMILES string of the molecule is COc1ccc(CCC(=O)NS(=O)(=O)CCCF)c(CN2CCC[C@H]2c2nc(C(=O)CCCCCC3CCCCC3)co2)c1. The zero-order chi connectivity index (χ0) is 31.4. The fourth-order valence-corrected chi connectivity index (χ4v) is 7.51. The molecule has 2 heterocycles. The van der Waals surface area contributed by atoms with E-state index in [2.05, 4.69) is 9.88 Å². The number of hydrogen-bond acceptors (Lipinski definition) is 8. The summed E-state index contributed by atoms with van der Waals surface area (Å²) < 4.78 is 49.7. The molecule has 244 valence electrons. The zero-order valence-electron chi connectivity index (χ0n) is 26.0. The highest BCUT2D eigenvalue weighted by Gasteiger charge is 2.31. The van der Waals surface area contributed by atoms with E-state index >= 15 is 0 Å². The number of nitrogens with zero attached hydrogens (tertiary/aromatic N) is 2. The van der Waals surface area contributed by atoms with Gasteiger partial charge >= 0.3 is 0 Å². The molecule has 1 atom stereocenters. The first-order chi connectivity index (χ1) is 21.3. The van der Waals surface area contributed by atoms with Crippen molar-refractivity contribution in [3.8, 4) is 5.75 Å². The van der Waals surface area contributed by atoms with Crippen LogP contribution in [0.3, 0.4) is 0 Å². The van der Waals surface area contributed by atoms with Crippen molar-refractivity contribution in [2.75, 3.05) is 26.1 Å². The Kier molecular flexibility index (Phi) is 13.2. The van der Waals surface area contributed by atoms with Gasteiger partial charge in [0.25, 0.3) is 0 Å². The van der Waals surface area contributed by atoms with Crippen molar-refractivity contribution in [2.24, 2.45) is 5.92 Å². The number of amides is 1. The molecule has 2 fully saturated rings. The van der Waals surface area contributed by atoms with Gasteiger partial charge in [0.1, 0.15) is 17.7 Å². The Morgan fingerprint density at radius 1 is 1.05 bits per heavy atom. The van der Waals surface area contributed by atoms with Gasteiger partial charge in [0, 0.05) is 19.4 Å². The Labute approximate surface area is 261 Å². The van der Waals surface area contributed by atoms with Crippen LogP contribution >= 0.6 is 0 Å². The molecule has 1 N–H and O–H groups in total. The molecule has 1 aliphatic carbocycles. The van der Waals surface area contributed by atoms with E-state index < -0.39 is 28.4 Å². The lowest BCUT2D eigenvalue weighted by Crippen LogP contribution is -2.32. The number of aromatic nitrogens is 1. The maximum absolute atomic E-state index is 12.9. The Bertz CT molecular complexity index is 1320. The quantitative estimate of drug-likeness (QED) is 0.147. The number of carbonyl (C=O) groups is 2. The van der Waals surface area contributed by atoms with E-state index in [4.69, 9.17) is 9.15 Å². The van der Waals surface area contributed by atoms with Crippen molar-refractivity contribution in [3.63, 3.8) is 0 Å². The van der Waals surface area contributed by atoms with Crippen molar-refractivity contribution in [1.82, 2.24) is 14.6 Å². The summed E-state index contributed by atoms with van der Waals surface area (Å²) in [5, 5.41) is 0. The second kappa shape index (κ2) is 17.1. The Morgan fingerprint density at radius 2 is 1.86 bits per heavy atom. The third kappa shape index (κ3) is 10.4. The van der Waals surface area contributed by atoms with E-state index in [1.54, 1.807) is 7.11 Å². The predicted molar refractivity (Wildman–Crippen MR) is 167 cm³/mol. The number of ether oxygens (including phenoxy) is 1. The molecular weight excluding hydrogens is 585 g/mol. The number of likely N-dealkylation sites (tertiary alicyclic amines) is 1. The van der Waals surface area contributed by atoms with Crippen LogP contribution in [0.1, 0.15) is 123 Å². The molecule has 2 aliphatic rings. The molecule has 1 saturated carbocycles. The first-order valence-electron chi connectivity index (χ1n) is 16.3. The minimum absolute atomic E-state index is 0.0244. The average molecular weight is 634 g/mol. The van der Waals surface area contributed by atoms with Crippen LogP contribution in [0.4, 0.5) is 4.39 Å². The number of sulfonamides is 1. The summed E-state index contributed by atoms with van der Waals surface area (Å²) in [6.45, 7) is 0.620. The fourth-order valence-electron chi connectivity index (χ4n) is 6.47. The van der Waals surface area contributed by atoms with E-state index in [1.807, 2.05) is 22.9 Å². The molecule has 1 aromatic heterocycles. The standard InChI is InChI=1S/C33H48FN3O6S/c1-42-28-17-15-26(16-18-32(39)36-44(40,41)21-9-19-34)27(22-28)23-37-20-8-13-30(37)33-35-29(24-43-33)31(38)14-7-3-6-12-25-10-4-2-5-11-25/h15,17,22,24-25,30H,2-14,16,18-21,23H2,1H3,(H,36,39)/t30-/m0/s1. The minimum atomic E-state index is -3.85. The average Bonchev–Trinajstić information content (AvgIpc) is 3.69. The number of nitrogens with one attached hydrogen (secondary N) is 1. The smallest absolute Gasteiger partial charge is 0.234 e. The van der Waals surface area contributed by atoms with Crippen LogP contribution in [-0.2, 0) is 27.8 Å². The summed E-state index contributed by atoms with van der Waals surface area (Å²) in [5.74, 6) is 1.09. The highest BCUT2D eigenvalue weighted by Crippen LogP contribution is 2.34. The van der Waals surface area contributed by atoms with E-state index in [1.165, 1.54) is 51.2 Å². The topological polar surface area (TPSA) is 119 Å². The summed E-state index contributed by atoms with van der Waals surface area (Å²) in [6, 6.07) is 5.56. The summed E-state index contributed by atoms with van der Waals surface area (Å²) in [5.41, 5.74) is 2.26. The van der Waals surface area contributed by atoms with Crippen LogP contribution in [0.2, 0.25) is 0 Å². The lowest BCUT2D eigenvalue weighted by atomic mass is 9.85. The normalized spacial score (nSPS) is 18.0. The molecule has 1 amide bonds. The third-order valence-electron chi connectivity index (χ3n) is 8.92. The van der Waals surface area contributed by atoms with Crippen molar-refractivity contribution >= 4 is 21.7 Å². The molecule has 2 aromatic rings. The lowest BCUT2D eigenvalue weighted by Gasteiger charge is -2.23. The zero-order valence-corrected chi connectivity index (χ0v) is 26.8. The second-order valence-corrected chi connectivity index (χ2v) is 14.1. The Hall–Kier alpha value is -2.79. The number of ketones is 1. The number of unbranched alkanes of at least 4 members (excludes halogenated alkanes) is 2. The summed E-state index contributed by atoms with van der Waals surface area (Å²) in [7, 11) is -2.26. The Morgan fingerprint density at radius 3 is 2.64 bits per heavy atom. The molecule has 11 heteroatoms. The molecule has 44 heavy (non-hydrogen) atoms. The highest BCUT2D eigenvalue weighted by atomic mass is 32.2. The van der Waals surface area contributed by atoms with Crippen LogP contribution < -0.4 is 9.46 Å². The number of hydrogen-bond donors (Lipinski definition) is 1. The molecule has 0 unspecified atom stereocenters. The first kappa shape index (κ1) is 34.1. The lowest BCUT2D eigenvalue weighted by molar-refractivity contribution is -0.119.